The van der Waals surface area contributed by atoms with Gasteiger partial charge in [-0.15, -0.1) is 0 Å². The number of hydrazine groups is 1. The summed E-state index contributed by atoms with van der Waals surface area (Å²) in [6.07, 6.45) is 0.658. The van der Waals surface area contributed by atoms with E-state index in [4.69, 9.17) is 16.3 Å². The van der Waals surface area contributed by atoms with Gasteiger partial charge in [0.1, 0.15) is 5.75 Å². The second-order valence-corrected chi connectivity index (χ2v) is 7.06. The molecule has 3 amide bonds. The SMILES string of the molecule is CCc1c(CC(=O)NNC(=O)NC)nn(CC)c1Oc1cc(Cl)cc(CI)c1. The lowest BCUT2D eigenvalue weighted by Crippen LogP contribution is -2.46. The summed E-state index contributed by atoms with van der Waals surface area (Å²) in [5.41, 5.74) is 7.10. The Labute approximate surface area is 182 Å². The Morgan fingerprint density at radius 3 is 2.61 bits per heavy atom. The van der Waals surface area contributed by atoms with Crippen LogP contribution in [0.2, 0.25) is 5.02 Å². The van der Waals surface area contributed by atoms with Crippen LogP contribution in [0.3, 0.4) is 0 Å². The van der Waals surface area contributed by atoms with E-state index in [9.17, 15) is 9.59 Å². The summed E-state index contributed by atoms with van der Waals surface area (Å²) in [5.74, 6) is 0.843. The number of nitrogens with zero attached hydrogens (tertiary/aromatic N) is 2. The van der Waals surface area contributed by atoms with Crippen molar-refractivity contribution in [2.24, 2.45) is 0 Å². The van der Waals surface area contributed by atoms with Crippen LogP contribution in [0.5, 0.6) is 11.6 Å². The molecule has 0 aliphatic heterocycles. The van der Waals surface area contributed by atoms with Gasteiger partial charge in [0.15, 0.2) is 0 Å². The monoisotopic (exact) mass is 519 g/mol. The van der Waals surface area contributed by atoms with Crippen LogP contribution >= 0.6 is 34.2 Å². The van der Waals surface area contributed by atoms with E-state index in [1.165, 1.54) is 7.05 Å². The smallest absolute Gasteiger partial charge is 0.333 e. The zero-order valence-corrected chi connectivity index (χ0v) is 18.8. The summed E-state index contributed by atoms with van der Waals surface area (Å²) in [7, 11) is 1.46. The number of amides is 3. The molecular formula is C18H23ClIN5O3. The van der Waals surface area contributed by atoms with Crippen molar-refractivity contribution >= 4 is 46.1 Å². The van der Waals surface area contributed by atoms with Crippen LogP contribution in [-0.2, 0) is 28.6 Å². The quantitative estimate of drug-likeness (QED) is 0.297. The summed E-state index contributed by atoms with van der Waals surface area (Å²) in [6, 6.07) is 5.08. The van der Waals surface area contributed by atoms with Crippen molar-refractivity contribution in [1.82, 2.24) is 25.9 Å². The number of carbonyl (C=O) groups is 2. The molecule has 0 spiro atoms. The average molecular weight is 520 g/mol. The third kappa shape index (κ3) is 5.74. The Morgan fingerprint density at radius 2 is 2.00 bits per heavy atom. The van der Waals surface area contributed by atoms with Gasteiger partial charge in [0.25, 0.3) is 0 Å². The maximum absolute atomic E-state index is 12.1. The van der Waals surface area contributed by atoms with E-state index in [0.29, 0.717) is 35.3 Å². The Hall–Kier alpha value is -2.01. The highest BCUT2D eigenvalue weighted by Crippen LogP contribution is 2.31. The second kappa shape index (κ2) is 10.5. The minimum absolute atomic E-state index is 0.0189. The van der Waals surface area contributed by atoms with Crippen LogP contribution in [0.15, 0.2) is 18.2 Å². The first-order valence-corrected chi connectivity index (χ1v) is 10.7. The van der Waals surface area contributed by atoms with Gasteiger partial charge in [-0.25, -0.2) is 14.9 Å². The fourth-order valence-corrected chi connectivity index (χ4v) is 3.30. The Morgan fingerprint density at radius 1 is 1.25 bits per heavy atom. The fourth-order valence-electron chi connectivity index (χ4n) is 2.61. The summed E-state index contributed by atoms with van der Waals surface area (Å²) < 4.78 is 8.66. The molecule has 10 heteroatoms. The predicted octanol–water partition coefficient (Wildman–Crippen LogP) is 3.35. The Balaban J connectivity index is 2.26. The van der Waals surface area contributed by atoms with Crippen molar-refractivity contribution in [2.45, 2.75) is 37.7 Å². The van der Waals surface area contributed by atoms with Crippen LogP contribution in [0.25, 0.3) is 0 Å². The molecule has 0 saturated heterocycles. The molecule has 0 aliphatic carbocycles. The number of aryl methyl sites for hydroxylation is 1. The standard InChI is InChI=1S/C18H23ClIN5O3/c1-4-14-15(9-16(26)22-23-18(27)21-3)24-25(5-2)17(14)28-13-7-11(10-20)6-12(19)8-13/h6-8H,4-5,9-10H2,1-3H3,(H,22,26)(H2,21,23,27). The summed E-state index contributed by atoms with van der Waals surface area (Å²) in [4.78, 5) is 23.3. The first-order chi connectivity index (χ1) is 13.4. The molecule has 28 heavy (non-hydrogen) atoms. The molecule has 1 aromatic heterocycles. The maximum atomic E-state index is 12.1. The van der Waals surface area contributed by atoms with Crippen molar-refractivity contribution in [3.63, 3.8) is 0 Å². The van der Waals surface area contributed by atoms with E-state index >= 15 is 0 Å². The van der Waals surface area contributed by atoms with Gasteiger partial charge in [-0.2, -0.15) is 5.10 Å². The molecule has 0 atom stereocenters. The number of urea groups is 1. The second-order valence-electron chi connectivity index (χ2n) is 5.86. The molecule has 8 nitrogen and oxygen atoms in total. The fraction of sp³-hybridized carbons (Fsp3) is 0.389. The first kappa shape index (κ1) is 22.3. The molecule has 3 N–H and O–H groups in total. The van der Waals surface area contributed by atoms with Gasteiger partial charge in [-0.1, -0.05) is 41.1 Å². The van der Waals surface area contributed by atoms with Crippen LogP contribution in [0.1, 0.15) is 30.7 Å². The van der Waals surface area contributed by atoms with E-state index in [1.54, 1.807) is 10.7 Å². The lowest BCUT2D eigenvalue weighted by Gasteiger charge is -2.11. The number of ether oxygens (including phenoxy) is 1. The number of hydrogen-bond donors (Lipinski definition) is 3. The van der Waals surface area contributed by atoms with Crippen LogP contribution in [0.4, 0.5) is 4.79 Å². The highest BCUT2D eigenvalue weighted by atomic mass is 127. The topological polar surface area (TPSA) is 97.3 Å². The molecule has 0 unspecified atom stereocenters. The number of rotatable bonds is 7. The summed E-state index contributed by atoms with van der Waals surface area (Å²) in [5, 5.41) is 7.47. The average Bonchev–Trinajstić information content (AvgIpc) is 3.01. The summed E-state index contributed by atoms with van der Waals surface area (Å²) >= 11 is 8.46. The lowest BCUT2D eigenvalue weighted by molar-refractivity contribution is -0.121. The van der Waals surface area contributed by atoms with Gasteiger partial charge in [-0.3, -0.25) is 10.2 Å². The summed E-state index contributed by atoms with van der Waals surface area (Å²) in [6.45, 7) is 4.51. The first-order valence-electron chi connectivity index (χ1n) is 8.80. The highest BCUT2D eigenvalue weighted by Gasteiger charge is 2.20. The van der Waals surface area contributed by atoms with Crippen molar-refractivity contribution in [3.05, 3.63) is 40.0 Å². The Kier molecular flexibility index (Phi) is 8.36. The van der Waals surface area contributed by atoms with Gasteiger partial charge in [0.2, 0.25) is 11.8 Å². The molecular weight excluding hydrogens is 497 g/mol. The van der Waals surface area contributed by atoms with Crippen molar-refractivity contribution < 1.29 is 14.3 Å². The molecule has 0 fully saturated rings. The zero-order chi connectivity index (χ0) is 20.7. The third-order valence-electron chi connectivity index (χ3n) is 3.91. The number of aromatic nitrogens is 2. The van der Waals surface area contributed by atoms with E-state index in [2.05, 4.69) is 43.9 Å². The Bertz CT molecular complexity index is 856. The molecule has 2 aromatic rings. The van der Waals surface area contributed by atoms with E-state index in [0.717, 1.165) is 15.6 Å². The van der Waals surface area contributed by atoms with Crippen LogP contribution in [0, 0.1) is 0 Å². The number of nitrogens with one attached hydrogen (secondary N) is 3. The van der Waals surface area contributed by atoms with Gasteiger partial charge >= 0.3 is 6.03 Å². The maximum Gasteiger partial charge on any atom is 0.333 e. The molecule has 0 bridgehead atoms. The van der Waals surface area contributed by atoms with Crippen LogP contribution in [-0.4, -0.2) is 28.8 Å². The largest absolute Gasteiger partial charge is 0.439 e. The zero-order valence-electron chi connectivity index (χ0n) is 15.9. The molecule has 152 valence electrons. The van der Waals surface area contributed by atoms with Gasteiger partial charge in [0.05, 0.1) is 12.1 Å². The van der Waals surface area contributed by atoms with Crippen molar-refractivity contribution in [3.8, 4) is 11.6 Å². The number of benzene rings is 1. The number of hydrogen-bond acceptors (Lipinski definition) is 4. The lowest BCUT2D eigenvalue weighted by atomic mass is 10.1. The number of halogens is 2. The third-order valence-corrected chi connectivity index (χ3v) is 5.00. The number of carbonyl (C=O) groups excluding carboxylic acids is 2. The molecule has 0 aliphatic rings. The molecule has 1 heterocycles. The van der Waals surface area contributed by atoms with E-state index in [1.807, 2.05) is 26.0 Å². The van der Waals surface area contributed by atoms with Gasteiger partial charge < -0.3 is 10.1 Å². The molecule has 1 aromatic carbocycles. The minimum atomic E-state index is -0.501. The van der Waals surface area contributed by atoms with Gasteiger partial charge in [-0.05, 0) is 37.1 Å². The minimum Gasteiger partial charge on any atom is -0.439 e. The van der Waals surface area contributed by atoms with E-state index < -0.39 is 6.03 Å². The molecule has 2 rings (SSSR count). The van der Waals surface area contributed by atoms with Crippen molar-refractivity contribution in [1.29, 1.82) is 0 Å². The van der Waals surface area contributed by atoms with Crippen LogP contribution < -0.4 is 20.9 Å². The van der Waals surface area contributed by atoms with Crippen molar-refractivity contribution in [2.75, 3.05) is 7.05 Å². The van der Waals surface area contributed by atoms with E-state index in [-0.39, 0.29) is 12.3 Å². The number of alkyl halides is 1. The van der Waals surface area contributed by atoms with Gasteiger partial charge in [0, 0.05) is 28.6 Å². The highest BCUT2D eigenvalue weighted by molar-refractivity contribution is 14.1. The molecule has 0 saturated carbocycles. The predicted molar refractivity (Wildman–Crippen MR) is 116 cm³/mol. The molecule has 0 radical (unpaired) electrons. The normalized spacial score (nSPS) is 10.5.